The average molecular weight is 511 g/mol. The quantitative estimate of drug-likeness (QED) is 0.248. The summed E-state index contributed by atoms with van der Waals surface area (Å²) in [6.45, 7) is 1.42. The average Bonchev–Trinajstić information content (AvgIpc) is 2.87. The van der Waals surface area contributed by atoms with E-state index in [1.54, 1.807) is 0 Å². The molecule has 0 amide bonds. The molecule has 4 rings (SSSR count). The molecule has 0 saturated heterocycles. The van der Waals surface area contributed by atoms with Crippen LogP contribution in [0.15, 0.2) is 36.4 Å². The molecule has 0 heterocycles. The van der Waals surface area contributed by atoms with Crippen LogP contribution in [0.5, 0.6) is 5.75 Å². The van der Waals surface area contributed by atoms with Crippen LogP contribution in [0.3, 0.4) is 0 Å². The summed E-state index contributed by atoms with van der Waals surface area (Å²) in [4.78, 5) is 0. The second-order valence-corrected chi connectivity index (χ2v) is 10.4. The molecule has 0 bridgehead atoms. The molecule has 7 heteroatoms. The summed E-state index contributed by atoms with van der Waals surface area (Å²) in [6.07, 6.45) is 7.84. The molecular formula is C29H35F5O2. The highest BCUT2D eigenvalue weighted by atomic mass is 19.3. The van der Waals surface area contributed by atoms with E-state index in [1.165, 1.54) is 62.8 Å². The zero-order valence-electron chi connectivity index (χ0n) is 20.8. The maximum Gasteiger partial charge on any atom is 0.421 e. The van der Waals surface area contributed by atoms with E-state index < -0.39 is 30.2 Å². The number of hydrogen-bond donors (Lipinski definition) is 0. The Morgan fingerprint density at radius 3 is 1.89 bits per heavy atom. The van der Waals surface area contributed by atoms with Crippen LogP contribution in [0.2, 0.25) is 0 Å². The fourth-order valence-corrected chi connectivity index (χ4v) is 5.94. The van der Waals surface area contributed by atoms with Crippen LogP contribution in [0.1, 0.15) is 71.1 Å². The summed E-state index contributed by atoms with van der Waals surface area (Å²) in [6, 6.07) is 7.03. The van der Waals surface area contributed by atoms with Gasteiger partial charge in [-0.15, -0.1) is 0 Å². The van der Waals surface area contributed by atoms with E-state index in [-0.39, 0.29) is 17.4 Å². The zero-order chi connectivity index (χ0) is 25.7. The maximum atomic E-state index is 14.4. The van der Waals surface area contributed by atoms with E-state index in [1.807, 2.05) is 0 Å². The minimum absolute atomic E-state index is 0.0950. The molecule has 0 unspecified atom stereocenters. The highest BCUT2D eigenvalue weighted by Gasteiger charge is 2.36. The Balaban J connectivity index is 1.22. The minimum Gasteiger partial charge on any atom is -0.431 e. The summed E-state index contributed by atoms with van der Waals surface area (Å²) < 4.78 is 79.3. The molecule has 0 aliphatic heterocycles. The van der Waals surface area contributed by atoms with Crippen molar-refractivity contribution in [3.63, 3.8) is 0 Å². The van der Waals surface area contributed by atoms with Gasteiger partial charge in [0.1, 0.15) is 5.75 Å². The summed E-state index contributed by atoms with van der Waals surface area (Å²) in [5, 5.41) is 0. The van der Waals surface area contributed by atoms with E-state index >= 15 is 0 Å². The van der Waals surface area contributed by atoms with Crippen molar-refractivity contribution in [2.24, 2.45) is 17.8 Å². The van der Waals surface area contributed by atoms with Crippen molar-refractivity contribution in [2.75, 3.05) is 6.61 Å². The van der Waals surface area contributed by atoms with Gasteiger partial charge in [-0.25, -0.2) is 13.2 Å². The van der Waals surface area contributed by atoms with Crippen molar-refractivity contribution in [1.29, 1.82) is 0 Å². The molecule has 198 valence electrons. The number of ether oxygens (including phenoxy) is 2. The van der Waals surface area contributed by atoms with Crippen LogP contribution < -0.4 is 4.74 Å². The standard InChI is InChI=1S/C29H35F5O2/c1-2-3-19-4-6-20(7-5-19)21-8-12-24(13-9-21)35-18-29(33,34)36-25-14-10-22(11-15-25)23-16-26(30)28(32)27(31)17-23/h10-11,14-17,19-21,24H,2-9,12-13,18H2,1H3. The largest absolute Gasteiger partial charge is 0.431 e. The summed E-state index contributed by atoms with van der Waals surface area (Å²) in [5.41, 5.74) is 0.438. The van der Waals surface area contributed by atoms with Crippen LogP contribution in [0.4, 0.5) is 22.0 Å². The molecule has 2 saturated carbocycles. The molecule has 0 spiro atoms. The molecule has 2 aliphatic carbocycles. The third-order valence-electron chi connectivity index (χ3n) is 7.90. The smallest absolute Gasteiger partial charge is 0.421 e. The van der Waals surface area contributed by atoms with Gasteiger partial charge in [0.05, 0.1) is 6.10 Å². The Hall–Kier alpha value is -2.15. The van der Waals surface area contributed by atoms with Crippen LogP contribution in [0.25, 0.3) is 11.1 Å². The van der Waals surface area contributed by atoms with Crippen molar-refractivity contribution in [3.05, 3.63) is 53.8 Å². The first kappa shape index (κ1) is 26.9. The van der Waals surface area contributed by atoms with Crippen molar-refractivity contribution < 1.29 is 31.4 Å². The topological polar surface area (TPSA) is 18.5 Å². The molecule has 2 fully saturated rings. The third-order valence-corrected chi connectivity index (χ3v) is 7.90. The normalized spacial score (nSPS) is 25.1. The van der Waals surface area contributed by atoms with Crippen molar-refractivity contribution in [1.82, 2.24) is 0 Å². The molecule has 36 heavy (non-hydrogen) atoms. The Bertz CT molecular complexity index is 955. The number of alkyl halides is 2. The highest BCUT2D eigenvalue weighted by Crippen LogP contribution is 2.41. The summed E-state index contributed by atoms with van der Waals surface area (Å²) in [7, 11) is 0. The Labute approximate surface area is 210 Å². The molecule has 2 aromatic rings. The van der Waals surface area contributed by atoms with Crippen LogP contribution >= 0.6 is 0 Å². The lowest BCUT2D eigenvalue weighted by molar-refractivity contribution is -0.222. The zero-order valence-corrected chi connectivity index (χ0v) is 20.8. The first-order valence-electron chi connectivity index (χ1n) is 13.2. The van der Waals surface area contributed by atoms with Gasteiger partial charge in [-0.2, -0.15) is 8.78 Å². The predicted octanol–water partition coefficient (Wildman–Crippen LogP) is 8.92. The van der Waals surface area contributed by atoms with E-state index in [9.17, 15) is 22.0 Å². The van der Waals surface area contributed by atoms with Gasteiger partial charge in [-0.1, -0.05) is 44.7 Å². The van der Waals surface area contributed by atoms with E-state index in [0.717, 1.165) is 49.7 Å². The fraction of sp³-hybridized carbons (Fsp3) is 0.586. The van der Waals surface area contributed by atoms with E-state index in [2.05, 4.69) is 6.92 Å². The summed E-state index contributed by atoms with van der Waals surface area (Å²) >= 11 is 0. The maximum absolute atomic E-state index is 14.4. The summed E-state index contributed by atoms with van der Waals surface area (Å²) in [5.74, 6) is -1.94. The number of halogens is 5. The van der Waals surface area contributed by atoms with Crippen molar-refractivity contribution >= 4 is 0 Å². The molecule has 2 aromatic carbocycles. The van der Waals surface area contributed by atoms with Gasteiger partial charge in [-0.3, -0.25) is 0 Å². The number of hydrogen-bond acceptors (Lipinski definition) is 2. The monoisotopic (exact) mass is 510 g/mol. The van der Waals surface area contributed by atoms with Gasteiger partial charge in [0, 0.05) is 0 Å². The molecule has 2 aliphatic rings. The minimum atomic E-state index is -3.51. The van der Waals surface area contributed by atoms with Gasteiger partial charge in [0.25, 0.3) is 0 Å². The van der Waals surface area contributed by atoms with Crippen LogP contribution in [0, 0.1) is 35.2 Å². The van der Waals surface area contributed by atoms with E-state index in [4.69, 9.17) is 9.47 Å². The lowest BCUT2D eigenvalue weighted by atomic mass is 9.70. The number of benzene rings is 2. The molecule has 0 radical (unpaired) electrons. The fourth-order valence-electron chi connectivity index (χ4n) is 5.94. The molecule has 0 N–H and O–H groups in total. The van der Waals surface area contributed by atoms with Gasteiger partial charge < -0.3 is 9.47 Å². The molecule has 2 nitrogen and oxygen atoms in total. The van der Waals surface area contributed by atoms with Gasteiger partial charge in [-0.05, 0) is 91.7 Å². The third kappa shape index (κ3) is 6.99. The molecular weight excluding hydrogens is 475 g/mol. The lowest BCUT2D eigenvalue weighted by Crippen LogP contribution is -2.35. The Morgan fingerprint density at radius 2 is 1.33 bits per heavy atom. The lowest BCUT2D eigenvalue weighted by Gasteiger charge is -2.38. The number of rotatable bonds is 9. The Morgan fingerprint density at radius 1 is 0.778 bits per heavy atom. The molecule has 0 atom stereocenters. The van der Waals surface area contributed by atoms with Crippen LogP contribution in [-0.4, -0.2) is 18.8 Å². The second kappa shape index (κ2) is 11.9. The first-order chi connectivity index (χ1) is 17.2. The first-order valence-corrected chi connectivity index (χ1v) is 13.2. The second-order valence-electron chi connectivity index (χ2n) is 10.4. The van der Waals surface area contributed by atoms with Crippen molar-refractivity contribution in [3.8, 4) is 16.9 Å². The van der Waals surface area contributed by atoms with Gasteiger partial charge in [0.2, 0.25) is 0 Å². The van der Waals surface area contributed by atoms with Crippen molar-refractivity contribution in [2.45, 2.75) is 83.3 Å². The predicted molar refractivity (Wildman–Crippen MR) is 129 cm³/mol. The van der Waals surface area contributed by atoms with Gasteiger partial charge in [0.15, 0.2) is 24.1 Å². The molecule has 0 aromatic heterocycles. The van der Waals surface area contributed by atoms with Crippen LogP contribution in [-0.2, 0) is 4.74 Å². The Kier molecular flexibility index (Phi) is 8.91. The highest BCUT2D eigenvalue weighted by molar-refractivity contribution is 5.64. The SMILES string of the molecule is CCCC1CCC(C2CCC(OCC(F)(F)Oc3ccc(-c4cc(F)c(F)c(F)c4)cc3)CC2)CC1. The van der Waals surface area contributed by atoms with E-state index in [0.29, 0.717) is 11.5 Å². The van der Waals surface area contributed by atoms with Gasteiger partial charge >= 0.3 is 6.11 Å².